The Morgan fingerprint density at radius 3 is 3.14 bits per heavy atom. The van der Waals surface area contributed by atoms with E-state index >= 15 is 0 Å². The topological polar surface area (TPSA) is 4.93 Å². The molecule has 1 aromatic heterocycles. The molecule has 0 unspecified atom stereocenters. The number of fused-ring (bicyclic) bond motifs is 1. The predicted molar refractivity (Wildman–Crippen MR) is 60.3 cm³/mol. The minimum Gasteiger partial charge on any atom is -0.347 e. The maximum absolute atomic E-state index is 3.73. The Morgan fingerprint density at radius 2 is 2.36 bits per heavy atom. The molecule has 1 nitrogen and oxygen atoms in total. The maximum Gasteiger partial charge on any atom is 0.0489 e. The summed E-state index contributed by atoms with van der Waals surface area (Å²) < 4.78 is 2.23. The zero-order chi connectivity index (χ0) is 9.97. The molecule has 0 bridgehead atoms. The van der Waals surface area contributed by atoms with Crippen molar-refractivity contribution in [3.63, 3.8) is 0 Å². The van der Waals surface area contributed by atoms with Crippen LogP contribution < -0.4 is 0 Å². The highest BCUT2D eigenvalue weighted by atomic mass is 14.9. The van der Waals surface area contributed by atoms with Crippen molar-refractivity contribution in [3.05, 3.63) is 48.7 Å². The molecule has 0 N–H and O–H groups in total. The van der Waals surface area contributed by atoms with Crippen molar-refractivity contribution < 1.29 is 0 Å². The molecular formula is C13H14N. The van der Waals surface area contributed by atoms with Gasteiger partial charge in [0, 0.05) is 29.7 Å². The first-order chi connectivity index (χ1) is 6.83. The van der Waals surface area contributed by atoms with E-state index in [2.05, 4.69) is 42.3 Å². The zero-order valence-corrected chi connectivity index (χ0v) is 8.46. The highest BCUT2D eigenvalue weighted by Gasteiger charge is 2.01. The van der Waals surface area contributed by atoms with Crippen LogP contribution in [0.4, 0.5) is 0 Å². The number of aromatic nitrogens is 1. The van der Waals surface area contributed by atoms with Crippen LogP contribution in [-0.4, -0.2) is 4.57 Å². The highest BCUT2D eigenvalue weighted by Crippen LogP contribution is 2.18. The Kier molecular flexibility index (Phi) is 2.40. The van der Waals surface area contributed by atoms with Crippen molar-refractivity contribution in [1.29, 1.82) is 0 Å². The second-order valence-electron chi connectivity index (χ2n) is 3.51. The summed E-state index contributed by atoms with van der Waals surface area (Å²) in [4.78, 5) is 0. The van der Waals surface area contributed by atoms with Crippen LogP contribution in [-0.2, 0) is 6.54 Å². The van der Waals surface area contributed by atoms with E-state index in [0.717, 1.165) is 13.0 Å². The Hall–Kier alpha value is -1.50. The summed E-state index contributed by atoms with van der Waals surface area (Å²) in [6.45, 7) is 6.85. The maximum atomic E-state index is 3.73. The van der Waals surface area contributed by atoms with Crippen molar-refractivity contribution in [2.45, 2.75) is 19.9 Å². The molecule has 0 saturated carbocycles. The van der Waals surface area contributed by atoms with Crippen LogP contribution in [0.25, 0.3) is 10.9 Å². The molecule has 0 saturated heterocycles. The van der Waals surface area contributed by atoms with Crippen LogP contribution in [0.3, 0.4) is 0 Å². The van der Waals surface area contributed by atoms with Crippen LogP contribution in [0.2, 0.25) is 0 Å². The van der Waals surface area contributed by atoms with E-state index in [9.17, 15) is 0 Å². The van der Waals surface area contributed by atoms with Crippen molar-refractivity contribution in [3.8, 4) is 0 Å². The second kappa shape index (κ2) is 3.70. The number of rotatable bonds is 3. The van der Waals surface area contributed by atoms with Gasteiger partial charge in [-0.05, 0) is 25.0 Å². The average molecular weight is 184 g/mol. The van der Waals surface area contributed by atoms with E-state index < -0.39 is 0 Å². The van der Waals surface area contributed by atoms with Crippen molar-refractivity contribution in [2.24, 2.45) is 0 Å². The lowest BCUT2D eigenvalue weighted by atomic mass is 10.1. The molecule has 2 aromatic rings. The third kappa shape index (κ3) is 1.46. The van der Waals surface area contributed by atoms with E-state index in [1.165, 1.54) is 16.5 Å². The van der Waals surface area contributed by atoms with Gasteiger partial charge < -0.3 is 4.57 Å². The number of nitrogens with zero attached hydrogens (tertiary/aromatic N) is 1. The molecule has 0 aliphatic carbocycles. The number of aryl methyl sites for hydroxylation is 2. The first kappa shape index (κ1) is 9.07. The molecule has 1 heteroatoms. The Balaban J connectivity index is 2.47. The number of benzene rings is 1. The van der Waals surface area contributed by atoms with Gasteiger partial charge in [0.25, 0.3) is 0 Å². The summed E-state index contributed by atoms with van der Waals surface area (Å²) in [6, 6.07) is 9.65. The van der Waals surface area contributed by atoms with E-state index in [0.29, 0.717) is 0 Å². The lowest BCUT2D eigenvalue weighted by Gasteiger charge is -2.03. The van der Waals surface area contributed by atoms with Gasteiger partial charge in [0.15, 0.2) is 0 Å². The molecule has 0 aliphatic heterocycles. The number of allylic oxidation sites excluding steroid dienone is 1. The van der Waals surface area contributed by atoms with Crippen molar-refractivity contribution in [1.82, 2.24) is 4.57 Å². The molecule has 2 rings (SSSR count). The van der Waals surface area contributed by atoms with E-state index in [-0.39, 0.29) is 0 Å². The Labute approximate surface area is 84.7 Å². The molecule has 0 fully saturated rings. The van der Waals surface area contributed by atoms with Gasteiger partial charge in [-0.15, -0.1) is 6.58 Å². The van der Waals surface area contributed by atoms with Crippen LogP contribution in [0.15, 0.2) is 37.1 Å². The van der Waals surface area contributed by atoms with Gasteiger partial charge in [-0.3, -0.25) is 0 Å². The fourth-order valence-electron chi connectivity index (χ4n) is 1.71. The first-order valence-electron chi connectivity index (χ1n) is 4.90. The largest absolute Gasteiger partial charge is 0.347 e. The number of hydrogen-bond acceptors (Lipinski definition) is 0. The molecule has 1 heterocycles. The normalized spacial score (nSPS) is 10.6. The third-order valence-corrected chi connectivity index (χ3v) is 2.50. The Bertz CT molecular complexity index is 451. The molecule has 0 spiro atoms. The monoisotopic (exact) mass is 184 g/mol. The third-order valence-electron chi connectivity index (χ3n) is 2.50. The minimum atomic E-state index is 0.993. The van der Waals surface area contributed by atoms with Crippen LogP contribution in [0.1, 0.15) is 12.0 Å². The first-order valence-corrected chi connectivity index (χ1v) is 4.90. The average Bonchev–Trinajstić information content (AvgIpc) is 2.60. The fourth-order valence-corrected chi connectivity index (χ4v) is 1.71. The van der Waals surface area contributed by atoms with Gasteiger partial charge in [-0.2, -0.15) is 0 Å². The van der Waals surface area contributed by atoms with Gasteiger partial charge in [0.1, 0.15) is 0 Å². The van der Waals surface area contributed by atoms with Gasteiger partial charge >= 0.3 is 0 Å². The van der Waals surface area contributed by atoms with Gasteiger partial charge in [-0.1, -0.05) is 18.2 Å². The molecule has 1 radical (unpaired) electrons. The highest BCUT2D eigenvalue weighted by molar-refractivity contribution is 5.82. The molecule has 0 amide bonds. The number of hydrogen-bond donors (Lipinski definition) is 0. The SMILES string of the molecule is C=CCCn1c[c]c2c(C)cccc21. The smallest absolute Gasteiger partial charge is 0.0489 e. The molecule has 0 aliphatic rings. The van der Waals surface area contributed by atoms with E-state index in [4.69, 9.17) is 0 Å². The summed E-state index contributed by atoms with van der Waals surface area (Å²) in [5.74, 6) is 0. The quantitative estimate of drug-likeness (QED) is 0.645. The van der Waals surface area contributed by atoms with Crippen molar-refractivity contribution >= 4 is 10.9 Å². The summed E-state index contributed by atoms with van der Waals surface area (Å²) in [7, 11) is 0. The molecule has 0 atom stereocenters. The predicted octanol–water partition coefficient (Wildman–Crippen LogP) is 3.33. The molecule has 71 valence electrons. The van der Waals surface area contributed by atoms with Gasteiger partial charge in [-0.25, -0.2) is 0 Å². The van der Waals surface area contributed by atoms with E-state index in [1.807, 2.05) is 12.3 Å². The summed E-state index contributed by atoms with van der Waals surface area (Å²) in [5.41, 5.74) is 2.56. The molecule has 1 aromatic carbocycles. The lowest BCUT2D eigenvalue weighted by molar-refractivity contribution is 0.739. The summed E-state index contributed by atoms with van der Waals surface area (Å²) >= 11 is 0. The van der Waals surface area contributed by atoms with Crippen molar-refractivity contribution in [2.75, 3.05) is 0 Å². The summed E-state index contributed by atoms with van der Waals surface area (Å²) in [5, 5.41) is 1.23. The standard InChI is InChI=1S/C13H14N/c1-3-4-9-14-10-8-12-11(2)6-5-7-13(12)14/h3,5-7,10H,1,4,9H2,2H3. The van der Waals surface area contributed by atoms with Crippen LogP contribution in [0.5, 0.6) is 0 Å². The van der Waals surface area contributed by atoms with Gasteiger partial charge in [0.2, 0.25) is 0 Å². The molecule has 14 heavy (non-hydrogen) atoms. The minimum absolute atomic E-state index is 0.993. The van der Waals surface area contributed by atoms with Gasteiger partial charge in [0.05, 0.1) is 0 Å². The second-order valence-corrected chi connectivity index (χ2v) is 3.51. The molecular weight excluding hydrogens is 170 g/mol. The zero-order valence-electron chi connectivity index (χ0n) is 8.46. The summed E-state index contributed by atoms with van der Waals surface area (Å²) in [6.07, 6.45) is 4.98. The van der Waals surface area contributed by atoms with Crippen LogP contribution >= 0.6 is 0 Å². The lowest BCUT2D eigenvalue weighted by Crippen LogP contribution is -1.93. The van der Waals surface area contributed by atoms with E-state index in [1.54, 1.807) is 0 Å². The fraction of sp³-hybridized carbons (Fsp3) is 0.231. The Morgan fingerprint density at radius 1 is 1.50 bits per heavy atom. The van der Waals surface area contributed by atoms with Crippen LogP contribution in [0, 0.1) is 13.0 Å².